The summed E-state index contributed by atoms with van der Waals surface area (Å²) in [7, 11) is 0. The second kappa shape index (κ2) is 3.77. The smallest absolute Gasteiger partial charge is 0.308 e. The maximum atomic E-state index is 13.3. The molecule has 0 atom stereocenters. The van der Waals surface area contributed by atoms with E-state index in [1.807, 2.05) is 0 Å². The van der Waals surface area contributed by atoms with E-state index in [4.69, 9.17) is 5.11 Å². The van der Waals surface area contributed by atoms with Gasteiger partial charge >= 0.3 is 5.97 Å². The molecule has 16 heavy (non-hydrogen) atoms. The van der Waals surface area contributed by atoms with Crippen molar-refractivity contribution in [3.05, 3.63) is 46.0 Å². The Bertz CT molecular complexity index is 618. The zero-order chi connectivity index (χ0) is 11.7. The molecule has 1 aromatic heterocycles. The summed E-state index contributed by atoms with van der Waals surface area (Å²) in [4.78, 5) is 24.9. The van der Waals surface area contributed by atoms with Crippen molar-refractivity contribution in [2.45, 2.75) is 6.42 Å². The number of carboxylic acid groups (broad SMARTS) is 1. The Kier molecular flexibility index (Phi) is 2.44. The minimum Gasteiger partial charge on any atom is -0.481 e. The van der Waals surface area contributed by atoms with Gasteiger partial charge in [-0.05, 0) is 12.1 Å². The number of hydrogen-bond acceptors (Lipinski definition) is 2. The van der Waals surface area contributed by atoms with Gasteiger partial charge in [0.05, 0.1) is 11.9 Å². The van der Waals surface area contributed by atoms with E-state index in [0.717, 1.165) is 0 Å². The van der Waals surface area contributed by atoms with Crippen LogP contribution >= 0.6 is 0 Å². The van der Waals surface area contributed by atoms with Crippen LogP contribution in [0.1, 0.15) is 5.56 Å². The van der Waals surface area contributed by atoms with E-state index >= 15 is 0 Å². The van der Waals surface area contributed by atoms with Crippen LogP contribution in [0.4, 0.5) is 4.39 Å². The number of para-hydroxylation sites is 1. The molecule has 0 fully saturated rings. The molecule has 82 valence electrons. The zero-order valence-corrected chi connectivity index (χ0v) is 8.16. The lowest BCUT2D eigenvalue weighted by Gasteiger charge is -2.01. The number of nitrogens with one attached hydrogen (secondary N) is 1. The number of aromatic amines is 1. The number of halogens is 1. The first-order valence-electron chi connectivity index (χ1n) is 4.60. The molecule has 0 bridgehead atoms. The molecule has 0 aliphatic carbocycles. The molecular formula is C11H8FNO3. The molecular weight excluding hydrogens is 213 g/mol. The SMILES string of the molecule is O=C(O)Cc1c[nH]c2c(F)cccc2c1=O. The van der Waals surface area contributed by atoms with E-state index in [-0.39, 0.29) is 22.9 Å². The number of H-pyrrole nitrogens is 1. The van der Waals surface area contributed by atoms with Gasteiger partial charge in [-0.3, -0.25) is 9.59 Å². The molecule has 1 aromatic carbocycles. The van der Waals surface area contributed by atoms with Gasteiger partial charge in [-0.15, -0.1) is 0 Å². The highest BCUT2D eigenvalue weighted by molar-refractivity contribution is 5.80. The molecule has 2 rings (SSSR count). The number of aliphatic carboxylic acids is 1. The number of pyridine rings is 1. The first kappa shape index (κ1) is 10.4. The fourth-order valence-corrected chi connectivity index (χ4v) is 1.55. The lowest BCUT2D eigenvalue weighted by molar-refractivity contribution is -0.136. The Morgan fingerprint density at radius 1 is 1.44 bits per heavy atom. The highest BCUT2D eigenvalue weighted by Crippen LogP contribution is 2.12. The first-order valence-corrected chi connectivity index (χ1v) is 4.60. The molecule has 0 amide bonds. The topological polar surface area (TPSA) is 70.2 Å². The first-order chi connectivity index (χ1) is 7.59. The van der Waals surface area contributed by atoms with Gasteiger partial charge in [-0.25, -0.2) is 4.39 Å². The fourth-order valence-electron chi connectivity index (χ4n) is 1.55. The molecule has 0 aliphatic rings. The average molecular weight is 221 g/mol. The molecule has 1 heterocycles. The van der Waals surface area contributed by atoms with E-state index in [1.165, 1.54) is 24.4 Å². The van der Waals surface area contributed by atoms with Gasteiger partial charge in [0.15, 0.2) is 5.43 Å². The van der Waals surface area contributed by atoms with E-state index in [9.17, 15) is 14.0 Å². The lowest BCUT2D eigenvalue weighted by atomic mass is 10.1. The summed E-state index contributed by atoms with van der Waals surface area (Å²) in [6.07, 6.45) is 0.865. The minimum atomic E-state index is -1.10. The van der Waals surface area contributed by atoms with Crippen molar-refractivity contribution in [3.8, 4) is 0 Å². The summed E-state index contributed by atoms with van der Waals surface area (Å²) in [5.74, 6) is -1.63. The number of carboxylic acids is 1. The summed E-state index contributed by atoms with van der Waals surface area (Å²) in [5, 5.41) is 8.76. The van der Waals surface area contributed by atoms with Crippen molar-refractivity contribution in [3.63, 3.8) is 0 Å². The van der Waals surface area contributed by atoms with Gasteiger partial charge in [0.1, 0.15) is 5.82 Å². The van der Waals surface area contributed by atoms with Gasteiger partial charge in [0, 0.05) is 17.1 Å². The summed E-state index contributed by atoms with van der Waals surface area (Å²) in [6, 6.07) is 4.11. The van der Waals surface area contributed by atoms with Crippen LogP contribution in [-0.4, -0.2) is 16.1 Å². The number of hydrogen-bond donors (Lipinski definition) is 2. The van der Waals surface area contributed by atoms with Crippen LogP contribution in [0.5, 0.6) is 0 Å². The van der Waals surface area contributed by atoms with Crippen LogP contribution in [0.15, 0.2) is 29.2 Å². The molecule has 2 aromatic rings. The molecule has 0 spiro atoms. The molecule has 0 radical (unpaired) electrons. The second-order valence-corrected chi connectivity index (χ2v) is 3.38. The maximum Gasteiger partial charge on any atom is 0.308 e. The van der Waals surface area contributed by atoms with E-state index in [0.29, 0.717) is 0 Å². The van der Waals surface area contributed by atoms with Gasteiger partial charge in [0.2, 0.25) is 0 Å². The highest BCUT2D eigenvalue weighted by Gasteiger charge is 2.10. The molecule has 0 unspecified atom stereocenters. The highest BCUT2D eigenvalue weighted by atomic mass is 19.1. The van der Waals surface area contributed by atoms with Crippen molar-refractivity contribution in [2.24, 2.45) is 0 Å². The van der Waals surface area contributed by atoms with E-state index in [1.54, 1.807) is 0 Å². The molecule has 5 heteroatoms. The number of rotatable bonds is 2. The number of fused-ring (bicyclic) bond motifs is 1. The Hall–Kier alpha value is -2.17. The molecule has 0 saturated heterocycles. The zero-order valence-electron chi connectivity index (χ0n) is 8.16. The van der Waals surface area contributed by atoms with Gasteiger partial charge in [-0.1, -0.05) is 6.07 Å². The largest absolute Gasteiger partial charge is 0.481 e. The third-order valence-electron chi connectivity index (χ3n) is 2.28. The minimum absolute atomic E-state index is 0.0987. The third kappa shape index (κ3) is 1.67. The molecule has 0 aliphatic heterocycles. The molecule has 2 N–H and O–H groups in total. The summed E-state index contributed by atoms with van der Waals surface area (Å²) >= 11 is 0. The lowest BCUT2D eigenvalue weighted by Crippen LogP contribution is -2.14. The normalized spacial score (nSPS) is 10.6. The second-order valence-electron chi connectivity index (χ2n) is 3.38. The summed E-state index contributed by atoms with van der Waals surface area (Å²) in [6.45, 7) is 0. The van der Waals surface area contributed by atoms with Crippen LogP contribution in [0.2, 0.25) is 0 Å². The number of aromatic nitrogens is 1. The van der Waals surface area contributed by atoms with Crippen LogP contribution in [0.3, 0.4) is 0 Å². The monoisotopic (exact) mass is 221 g/mol. The van der Waals surface area contributed by atoms with Gasteiger partial charge in [0.25, 0.3) is 0 Å². The van der Waals surface area contributed by atoms with Crippen LogP contribution in [-0.2, 0) is 11.2 Å². The standard InChI is InChI=1S/C11H8FNO3/c12-8-3-1-2-7-10(8)13-5-6(11(7)16)4-9(14)15/h1-3,5H,4H2,(H,13,16)(H,14,15). The third-order valence-corrected chi connectivity index (χ3v) is 2.28. The van der Waals surface area contributed by atoms with Crippen LogP contribution in [0, 0.1) is 5.82 Å². The average Bonchev–Trinajstić information content (AvgIpc) is 2.23. The van der Waals surface area contributed by atoms with Gasteiger partial charge in [-0.2, -0.15) is 0 Å². The Morgan fingerprint density at radius 2 is 2.19 bits per heavy atom. The van der Waals surface area contributed by atoms with Crippen molar-refractivity contribution in [1.29, 1.82) is 0 Å². The van der Waals surface area contributed by atoms with Crippen LogP contribution < -0.4 is 5.43 Å². The van der Waals surface area contributed by atoms with Gasteiger partial charge < -0.3 is 10.1 Å². The molecule has 0 saturated carbocycles. The van der Waals surface area contributed by atoms with Crippen LogP contribution in [0.25, 0.3) is 10.9 Å². The van der Waals surface area contributed by atoms with Crippen molar-refractivity contribution < 1.29 is 14.3 Å². The van der Waals surface area contributed by atoms with Crippen molar-refractivity contribution in [1.82, 2.24) is 4.98 Å². The number of carbonyl (C=O) groups is 1. The molecule has 4 nitrogen and oxygen atoms in total. The Labute approximate surface area is 89.3 Å². The van der Waals surface area contributed by atoms with E-state index < -0.39 is 17.2 Å². The predicted octanol–water partition coefficient (Wildman–Crippen LogP) is 1.29. The van der Waals surface area contributed by atoms with Crippen molar-refractivity contribution >= 4 is 16.9 Å². The van der Waals surface area contributed by atoms with Crippen molar-refractivity contribution in [2.75, 3.05) is 0 Å². The maximum absolute atomic E-state index is 13.3. The number of benzene rings is 1. The quantitative estimate of drug-likeness (QED) is 0.802. The predicted molar refractivity (Wildman–Crippen MR) is 55.9 cm³/mol. The summed E-state index contributed by atoms with van der Waals surface area (Å²) < 4.78 is 13.3. The van der Waals surface area contributed by atoms with E-state index in [2.05, 4.69) is 4.98 Å². The fraction of sp³-hybridized carbons (Fsp3) is 0.0909. The Morgan fingerprint density at radius 3 is 2.88 bits per heavy atom. The summed E-state index contributed by atoms with van der Waals surface area (Å²) in [5.41, 5.74) is -0.233. The Balaban J connectivity index is 2.71.